The number of hydrogen-bond acceptors (Lipinski definition) is 7. The molecule has 10 heteroatoms. The Labute approximate surface area is 231 Å². The maximum Gasteiger partial charge on any atom is 0.343 e. The van der Waals surface area contributed by atoms with Crippen molar-refractivity contribution in [2.75, 3.05) is 13.7 Å². The highest BCUT2D eigenvalue weighted by Crippen LogP contribution is 2.37. The molecule has 0 atom stereocenters. The molecule has 0 aromatic heterocycles. The van der Waals surface area contributed by atoms with Crippen molar-refractivity contribution in [1.29, 1.82) is 0 Å². The molecule has 0 bridgehead atoms. The predicted octanol–water partition coefficient (Wildman–Crippen LogP) is 6.46. The highest BCUT2D eigenvalue weighted by molar-refractivity contribution is 14.1. The summed E-state index contributed by atoms with van der Waals surface area (Å²) in [6.45, 7) is 2.21. The molecular formula is C26H20ClIN2O5S. The van der Waals surface area contributed by atoms with E-state index in [1.165, 1.54) is 11.8 Å². The Kier molecular flexibility index (Phi) is 8.55. The Morgan fingerprint density at radius 1 is 1.14 bits per heavy atom. The molecular weight excluding hydrogens is 615 g/mol. The first-order valence-electron chi connectivity index (χ1n) is 10.7. The van der Waals surface area contributed by atoms with E-state index in [2.05, 4.69) is 32.9 Å². The number of carbonyl (C=O) groups is 2. The van der Waals surface area contributed by atoms with Gasteiger partial charge in [-0.1, -0.05) is 11.6 Å². The van der Waals surface area contributed by atoms with E-state index in [-0.39, 0.29) is 5.91 Å². The Morgan fingerprint density at radius 2 is 1.86 bits per heavy atom. The number of ether oxygens (including phenoxy) is 3. The molecule has 1 fully saturated rings. The fourth-order valence-corrected chi connectivity index (χ4v) is 4.88. The number of nitrogens with one attached hydrogen (secondary N) is 1. The van der Waals surface area contributed by atoms with Crippen LogP contribution in [0.15, 0.2) is 70.6 Å². The van der Waals surface area contributed by atoms with Gasteiger partial charge in [0.05, 0.1) is 33.4 Å². The normalized spacial score (nSPS) is 15.2. The van der Waals surface area contributed by atoms with Gasteiger partial charge < -0.3 is 19.5 Å². The Morgan fingerprint density at radius 3 is 2.53 bits per heavy atom. The lowest BCUT2D eigenvalue weighted by Crippen LogP contribution is -2.19. The van der Waals surface area contributed by atoms with Gasteiger partial charge in [-0.05, 0) is 114 Å². The third-order valence-electron chi connectivity index (χ3n) is 4.86. The second-order valence-corrected chi connectivity index (χ2v) is 9.97. The van der Waals surface area contributed by atoms with Crippen LogP contribution in [0.5, 0.6) is 17.2 Å². The summed E-state index contributed by atoms with van der Waals surface area (Å²) in [6.07, 6.45) is 1.74. The largest absolute Gasteiger partial charge is 0.497 e. The number of hydrogen-bond donors (Lipinski definition) is 1. The van der Waals surface area contributed by atoms with Crippen molar-refractivity contribution in [2.45, 2.75) is 6.92 Å². The smallest absolute Gasteiger partial charge is 0.343 e. The second-order valence-electron chi connectivity index (χ2n) is 7.34. The Hall–Kier alpha value is -3.02. The van der Waals surface area contributed by atoms with Crippen molar-refractivity contribution in [3.8, 4) is 17.2 Å². The first-order valence-corrected chi connectivity index (χ1v) is 13.0. The average Bonchev–Trinajstić information content (AvgIpc) is 3.21. The number of nitrogens with zero attached hydrogens (tertiary/aromatic N) is 1. The van der Waals surface area contributed by atoms with E-state index in [0.717, 1.165) is 5.56 Å². The van der Waals surface area contributed by atoms with Crippen LogP contribution in [-0.4, -0.2) is 30.8 Å². The molecule has 3 aromatic rings. The summed E-state index contributed by atoms with van der Waals surface area (Å²) in [4.78, 5) is 30.2. The van der Waals surface area contributed by atoms with Crippen LogP contribution in [-0.2, 0) is 4.79 Å². The number of carbonyl (C=O) groups excluding carboxylic acids is 2. The summed E-state index contributed by atoms with van der Waals surface area (Å²) >= 11 is 9.23. The molecule has 1 saturated heterocycles. The summed E-state index contributed by atoms with van der Waals surface area (Å²) in [5, 5.41) is 3.85. The molecule has 0 radical (unpaired) electrons. The summed E-state index contributed by atoms with van der Waals surface area (Å²) in [5.41, 5.74) is 1.78. The molecule has 0 saturated carbocycles. The van der Waals surface area contributed by atoms with Crippen LogP contribution in [0.4, 0.5) is 5.69 Å². The fourth-order valence-electron chi connectivity index (χ4n) is 3.18. The molecule has 0 aliphatic carbocycles. The van der Waals surface area contributed by atoms with Crippen molar-refractivity contribution in [3.05, 3.63) is 85.3 Å². The van der Waals surface area contributed by atoms with Crippen molar-refractivity contribution in [3.63, 3.8) is 0 Å². The Bertz CT molecular complexity index is 1360. The van der Waals surface area contributed by atoms with Gasteiger partial charge in [0.1, 0.15) is 5.75 Å². The monoisotopic (exact) mass is 634 g/mol. The van der Waals surface area contributed by atoms with Crippen molar-refractivity contribution >= 4 is 74.8 Å². The second kappa shape index (κ2) is 11.8. The molecule has 1 aliphatic heterocycles. The van der Waals surface area contributed by atoms with Crippen LogP contribution in [0.3, 0.4) is 0 Å². The fraction of sp³-hybridized carbons (Fsp3) is 0.115. The van der Waals surface area contributed by atoms with E-state index in [1.54, 1.807) is 67.8 Å². The summed E-state index contributed by atoms with van der Waals surface area (Å²) in [6, 6.07) is 17.2. The molecule has 184 valence electrons. The molecule has 1 aliphatic rings. The van der Waals surface area contributed by atoms with E-state index < -0.39 is 5.97 Å². The number of methoxy groups -OCH3 is 1. The van der Waals surface area contributed by atoms with Gasteiger partial charge in [0, 0.05) is 5.02 Å². The molecule has 7 nitrogen and oxygen atoms in total. The van der Waals surface area contributed by atoms with Gasteiger partial charge in [-0.25, -0.2) is 9.79 Å². The first-order chi connectivity index (χ1) is 17.4. The van der Waals surface area contributed by atoms with E-state index in [1.807, 2.05) is 13.0 Å². The topological polar surface area (TPSA) is 86.2 Å². The third kappa shape index (κ3) is 6.40. The average molecular weight is 635 g/mol. The van der Waals surface area contributed by atoms with Gasteiger partial charge in [-0.3, -0.25) is 4.79 Å². The summed E-state index contributed by atoms with van der Waals surface area (Å²) in [5.74, 6) is 0.585. The minimum absolute atomic E-state index is 0.254. The molecule has 4 rings (SSSR count). The summed E-state index contributed by atoms with van der Waals surface area (Å²) in [7, 11) is 1.56. The van der Waals surface area contributed by atoms with Gasteiger partial charge in [0.15, 0.2) is 16.7 Å². The van der Waals surface area contributed by atoms with E-state index in [4.69, 9.17) is 25.8 Å². The van der Waals surface area contributed by atoms with Crippen LogP contribution in [0.2, 0.25) is 5.02 Å². The molecule has 1 N–H and O–H groups in total. The predicted molar refractivity (Wildman–Crippen MR) is 151 cm³/mol. The summed E-state index contributed by atoms with van der Waals surface area (Å²) < 4.78 is 17.2. The maximum atomic E-state index is 12.7. The van der Waals surface area contributed by atoms with E-state index in [9.17, 15) is 9.59 Å². The van der Waals surface area contributed by atoms with Gasteiger partial charge >= 0.3 is 5.97 Å². The first kappa shape index (κ1) is 26.1. The Balaban J connectivity index is 1.57. The minimum Gasteiger partial charge on any atom is -0.497 e. The molecule has 0 unspecified atom stereocenters. The molecule has 36 heavy (non-hydrogen) atoms. The number of amides is 1. The van der Waals surface area contributed by atoms with Gasteiger partial charge in [-0.15, -0.1) is 0 Å². The zero-order valence-electron chi connectivity index (χ0n) is 19.2. The van der Waals surface area contributed by atoms with Gasteiger partial charge in [0.25, 0.3) is 5.91 Å². The quantitative estimate of drug-likeness (QED) is 0.139. The maximum absolute atomic E-state index is 12.7. The number of benzene rings is 3. The zero-order chi connectivity index (χ0) is 25.7. The lowest BCUT2D eigenvalue weighted by Gasteiger charge is -2.14. The zero-order valence-corrected chi connectivity index (χ0v) is 22.9. The number of rotatable bonds is 7. The highest BCUT2D eigenvalue weighted by atomic mass is 127. The lowest BCUT2D eigenvalue weighted by atomic mass is 10.1. The van der Waals surface area contributed by atoms with Gasteiger partial charge in [-0.2, -0.15) is 0 Å². The number of esters is 1. The third-order valence-corrected chi connectivity index (χ3v) is 6.82. The van der Waals surface area contributed by atoms with Crippen molar-refractivity contribution in [1.82, 2.24) is 5.32 Å². The lowest BCUT2D eigenvalue weighted by molar-refractivity contribution is -0.115. The highest BCUT2D eigenvalue weighted by Gasteiger charge is 2.24. The molecule has 1 amide bonds. The number of amidine groups is 1. The minimum atomic E-state index is -0.517. The number of halogens is 2. The van der Waals surface area contributed by atoms with Crippen LogP contribution in [0.1, 0.15) is 22.8 Å². The van der Waals surface area contributed by atoms with Crippen LogP contribution in [0, 0.1) is 3.57 Å². The van der Waals surface area contributed by atoms with Crippen LogP contribution >= 0.6 is 46.0 Å². The van der Waals surface area contributed by atoms with Crippen molar-refractivity contribution < 1.29 is 23.8 Å². The van der Waals surface area contributed by atoms with E-state index in [0.29, 0.717) is 53.8 Å². The molecule has 3 aromatic carbocycles. The molecule has 1 heterocycles. The number of thioether (sulfide) groups is 1. The molecule has 0 spiro atoms. The van der Waals surface area contributed by atoms with E-state index >= 15 is 0 Å². The standard InChI is InChI=1S/C26H20ClIN2O5S/c1-3-34-21-13-15(12-20(28)23(21)35-25(32)16-4-10-19(33-2)11-5-16)14-22-24(31)30-26(36-22)29-18-8-6-17(27)7-9-18/h4-14H,3H2,1-2H3,(H,29,30,31)/b22-14-. The SMILES string of the molecule is CCOc1cc(/C=C2\SC(=Nc3ccc(Cl)cc3)NC2=O)cc(I)c1OC(=O)c1ccc(OC)cc1. The van der Waals surface area contributed by atoms with Crippen molar-refractivity contribution in [2.24, 2.45) is 4.99 Å². The number of aliphatic imine (C=N–C) groups is 1. The van der Waals surface area contributed by atoms with Crippen LogP contribution < -0.4 is 19.5 Å². The van der Waals surface area contributed by atoms with Gasteiger partial charge in [0.2, 0.25) is 0 Å². The van der Waals surface area contributed by atoms with Crippen LogP contribution in [0.25, 0.3) is 6.08 Å².